The number of ether oxygens (including phenoxy) is 1. The van der Waals surface area contributed by atoms with Gasteiger partial charge in [0.2, 0.25) is 0 Å². The molecule has 4 heteroatoms. The molecule has 1 aromatic heterocycles. The van der Waals surface area contributed by atoms with Gasteiger partial charge in [0.25, 0.3) is 0 Å². The van der Waals surface area contributed by atoms with E-state index in [-0.39, 0.29) is 5.97 Å². The Morgan fingerprint density at radius 2 is 1.57 bits per heavy atom. The summed E-state index contributed by atoms with van der Waals surface area (Å²) in [7, 11) is 0. The molecular weight excluding hydrogens is 372 g/mol. The number of esters is 1. The summed E-state index contributed by atoms with van der Waals surface area (Å²) in [5, 5.41) is 0. The van der Waals surface area contributed by atoms with E-state index >= 15 is 0 Å². The molecule has 1 heterocycles. The topological polar surface area (TPSA) is 52.1 Å². The van der Waals surface area contributed by atoms with Gasteiger partial charge in [-0.05, 0) is 36.3 Å². The number of aromatic nitrogens is 2. The molecule has 0 unspecified atom stereocenters. The zero-order valence-corrected chi connectivity index (χ0v) is 19.0. The van der Waals surface area contributed by atoms with Crippen LogP contribution in [0.2, 0.25) is 0 Å². The first-order valence-electron chi connectivity index (χ1n) is 11.7. The molecule has 0 bridgehead atoms. The van der Waals surface area contributed by atoms with Crippen LogP contribution in [0.3, 0.4) is 0 Å². The number of unbranched alkanes of at least 4 members (excludes halogenated alkanes) is 5. The lowest BCUT2D eigenvalue weighted by Crippen LogP contribution is -2.11. The minimum absolute atomic E-state index is 0.122. The van der Waals surface area contributed by atoms with E-state index in [2.05, 4.69) is 30.7 Å². The standard InChI is InChI=1S/C26H38N2O2/c1-4-6-7-8-9-10-11-23-18-27-26(28-19-23)24-15-12-22(13-16-24)14-17-25(29)30-20-21(3)5-2/h12-13,15-16,18-19,21H,4-11,14,17,20H2,1-3H3/t21-/m1/s1. The Morgan fingerprint density at radius 1 is 0.900 bits per heavy atom. The second-order valence-electron chi connectivity index (χ2n) is 8.33. The number of carbonyl (C=O) groups excluding carboxylic acids is 1. The number of nitrogens with zero attached hydrogens (tertiary/aromatic N) is 2. The van der Waals surface area contributed by atoms with E-state index in [9.17, 15) is 4.79 Å². The van der Waals surface area contributed by atoms with E-state index in [1.807, 2.05) is 36.7 Å². The highest BCUT2D eigenvalue weighted by molar-refractivity contribution is 5.69. The fourth-order valence-corrected chi connectivity index (χ4v) is 3.23. The highest BCUT2D eigenvalue weighted by Gasteiger charge is 2.07. The van der Waals surface area contributed by atoms with Crippen molar-refractivity contribution in [2.24, 2.45) is 5.92 Å². The van der Waals surface area contributed by atoms with E-state index < -0.39 is 0 Å². The van der Waals surface area contributed by atoms with E-state index in [4.69, 9.17) is 4.74 Å². The van der Waals surface area contributed by atoms with E-state index in [1.165, 1.54) is 44.1 Å². The Morgan fingerprint density at radius 3 is 2.23 bits per heavy atom. The average Bonchev–Trinajstić information content (AvgIpc) is 2.79. The normalized spacial score (nSPS) is 12.0. The fraction of sp³-hybridized carbons (Fsp3) is 0.577. The molecule has 0 saturated heterocycles. The average molecular weight is 411 g/mol. The van der Waals surface area contributed by atoms with Gasteiger partial charge in [0.15, 0.2) is 5.82 Å². The molecule has 164 valence electrons. The molecule has 0 fully saturated rings. The van der Waals surface area contributed by atoms with Gasteiger partial charge in [-0.25, -0.2) is 9.97 Å². The molecule has 2 rings (SSSR count). The Hall–Kier alpha value is -2.23. The first-order valence-corrected chi connectivity index (χ1v) is 11.7. The van der Waals surface area contributed by atoms with Crippen LogP contribution in [-0.2, 0) is 22.4 Å². The minimum Gasteiger partial charge on any atom is -0.465 e. The second-order valence-corrected chi connectivity index (χ2v) is 8.33. The lowest BCUT2D eigenvalue weighted by atomic mass is 10.1. The van der Waals surface area contributed by atoms with Gasteiger partial charge < -0.3 is 4.74 Å². The quantitative estimate of drug-likeness (QED) is 0.261. The predicted octanol–water partition coefficient (Wildman–Crippen LogP) is 6.57. The molecule has 0 spiro atoms. The molecule has 1 atom stereocenters. The molecule has 0 radical (unpaired) electrons. The molecule has 4 nitrogen and oxygen atoms in total. The molecule has 0 aliphatic carbocycles. The molecule has 0 N–H and O–H groups in total. The zero-order chi connectivity index (χ0) is 21.6. The van der Waals surface area contributed by atoms with Gasteiger partial charge in [0, 0.05) is 24.4 Å². The molecule has 0 amide bonds. The monoisotopic (exact) mass is 410 g/mol. The molecular formula is C26H38N2O2. The van der Waals surface area contributed by atoms with Crippen molar-refractivity contribution in [3.63, 3.8) is 0 Å². The number of carbonyl (C=O) groups is 1. The lowest BCUT2D eigenvalue weighted by Gasteiger charge is -2.09. The molecule has 0 aliphatic heterocycles. The van der Waals surface area contributed by atoms with Crippen molar-refractivity contribution in [3.05, 3.63) is 47.8 Å². The molecule has 2 aromatic rings. The van der Waals surface area contributed by atoms with Gasteiger partial charge in [0.05, 0.1) is 6.61 Å². The summed E-state index contributed by atoms with van der Waals surface area (Å²) in [6.45, 7) is 6.96. The summed E-state index contributed by atoms with van der Waals surface area (Å²) < 4.78 is 5.31. The van der Waals surface area contributed by atoms with Gasteiger partial charge in [-0.3, -0.25) is 4.79 Å². The molecule has 1 aromatic carbocycles. The largest absolute Gasteiger partial charge is 0.465 e. The third-order valence-corrected chi connectivity index (χ3v) is 5.58. The van der Waals surface area contributed by atoms with Crippen LogP contribution in [0.4, 0.5) is 0 Å². The minimum atomic E-state index is -0.122. The summed E-state index contributed by atoms with van der Waals surface area (Å²) in [5.41, 5.74) is 3.34. The molecule has 0 saturated carbocycles. The van der Waals surface area contributed by atoms with Crippen LogP contribution >= 0.6 is 0 Å². The summed E-state index contributed by atoms with van der Waals surface area (Å²) in [4.78, 5) is 20.9. The zero-order valence-electron chi connectivity index (χ0n) is 19.0. The van der Waals surface area contributed by atoms with Crippen LogP contribution < -0.4 is 0 Å². The summed E-state index contributed by atoms with van der Waals surface area (Å²) >= 11 is 0. The lowest BCUT2D eigenvalue weighted by molar-refractivity contribution is -0.144. The SMILES string of the molecule is CCCCCCCCc1cnc(-c2ccc(CCC(=O)OC[C@H](C)CC)cc2)nc1. The summed E-state index contributed by atoms with van der Waals surface area (Å²) in [5.74, 6) is 1.05. The molecule has 30 heavy (non-hydrogen) atoms. The maximum Gasteiger partial charge on any atom is 0.306 e. The fourth-order valence-electron chi connectivity index (χ4n) is 3.23. The van der Waals surface area contributed by atoms with Crippen molar-refractivity contribution in [3.8, 4) is 11.4 Å². The highest BCUT2D eigenvalue weighted by Crippen LogP contribution is 2.17. The number of hydrogen-bond acceptors (Lipinski definition) is 4. The smallest absolute Gasteiger partial charge is 0.306 e. The van der Waals surface area contributed by atoms with Crippen molar-refractivity contribution in [2.75, 3.05) is 6.61 Å². The van der Waals surface area contributed by atoms with Crippen molar-refractivity contribution < 1.29 is 9.53 Å². The van der Waals surface area contributed by atoms with Gasteiger partial charge >= 0.3 is 5.97 Å². The second kappa shape index (κ2) is 13.9. The molecule has 0 aliphatic rings. The number of aryl methyl sites for hydroxylation is 2. The first-order chi connectivity index (χ1) is 14.6. The van der Waals surface area contributed by atoms with Crippen molar-refractivity contribution in [1.29, 1.82) is 0 Å². The van der Waals surface area contributed by atoms with Gasteiger partial charge in [0.1, 0.15) is 0 Å². The third-order valence-electron chi connectivity index (χ3n) is 5.58. The van der Waals surface area contributed by atoms with Crippen molar-refractivity contribution in [1.82, 2.24) is 9.97 Å². The summed E-state index contributed by atoms with van der Waals surface area (Å²) in [6, 6.07) is 8.15. The van der Waals surface area contributed by atoms with Crippen LogP contribution in [0.5, 0.6) is 0 Å². The highest BCUT2D eigenvalue weighted by atomic mass is 16.5. The van der Waals surface area contributed by atoms with Gasteiger partial charge in [-0.1, -0.05) is 83.6 Å². The van der Waals surface area contributed by atoms with Crippen LogP contribution in [-0.4, -0.2) is 22.5 Å². The van der Waals surface area contributed by atoms with Crippen LogP contribution in [0, 0.1) is 5.92 Å². The van der Waals surface area contributed by atoms with Gasteiger partial charge in [-0.2, -0.15) is 0 Å². The van der Waals surface area contributed by atoms with E-state index in [0.29, 0.717) is 25.4 Å². The first kappa shape index (κ1) is 24.0. The van der Waals surface area contributed by atoms with Crippen molar-refractivity contribution >= 4 is 5.97 Å². The van der Waals surface area contributed by atoms with Crippen LogP contribution in [0.15, 0.2) is 36.7 Å². The van der Waals surface area contributed by atoms with E-state index in [0.717, 1.165) is 29.8 Å². The Labute approximate surface area is 182 Å². The summed E-state index contributed by atoms with van der Waals surface area (Å²) in [6.07, 6.45) is 14.9. The maximum atomic E-state index is 11.9. The Balaban J connectivity index is 1.75. The number of rotatable bonds is 14. The predicted molar refractivity (Wildman–Crippen MR) is 123 cm³/mol. The Bertz CT molecular complexity index is 726. The third kappa shape index (κ3) is 9.06. The van der Waals surface area contributed by atoms with Crippen LogP contribution in [0.25, 0.3) is 11.4 Å². The van der Waals surface area contributed by atoms with Crippen LogP contribution in [0.1, 0.15) is 83.3 Å². The van der Waals surface area contributed by atoms with Crippen molar-refractivity contribution in [2.45, 2.75) is 85.0 Å². The van der Waals surface area contributed by atoms with Gasteiger partial charge in [-0.15, -0.1) is 0 Å². The van der Waals surface area contributed by atoms with E-state index in [1.54, 1.807) is 0 Å². The number of hydrogen-bond donors (Lipinski definition) is 0. The maximum absolute atomic E-state index is 11.9. The number of benzene rings is 1. The Kier molecular flexibility index (Phi) is 11.1.